The minimum atomic E-state index is -0.298. The number of nitrogens with zero attached hydrogens (tertiary/aromatic N) is 1. The Bertz CT molecular complexity index is 505. The van der Waals surface area contributed by atoms with Crippen LogP contribution in [0.1, 0.15) is 16.1 Å². The maximum atomic E-state index is 11.7. The molecule has 1 aromatic carbocycles. The summed E-state index contributed by atoms with van der Waals surface area (Å²) in [5.74, 6) is -0.298. The zero-order chi connectivity index (χ0) is 11.5. The highest BCUT2D eigenvalue weighted by Gasteiger charge is 2.13. The number of aromatic nitrogens is 1. The molecule has 82 valence electrons. The molecule has 2 rings (SSSR count). The smallest absolute Gasteiger partial charge is 0.278 e. The molecule has 0 fully saturated rings. The minimum Gasteiger partial charge on any atom is -0.364 e. The first-order chi connectivity index (χ1) is 7.66. The van der Waals surface area contributed by atoms with Crippen molar-refractivity contribution < 1.29 is 9.32 Å². The summed E-state index contributed by atoms with van der Waals surface area (Å²) in [6, 6.07) is 6.84. The number of carbonyl (C=O) groups excluding carboxylic acids is 1. The maximum absolute atomic E-state index is 11.7. The fraction of sp³-hybridized carbons (Fsp3) is 0.0909. The molecule has 0 radical (unpaired) electrons. The average molecular weight is 237 g/mol. The summed E-state index contributed by atoms with van der Waals surface area (Å²) in [5, 5.41) is 6.93. The highest BCUT2D eigenvalue weighted by Crippen LogP contribution is 2.15. The third kappa shape index (κ3) is 2.23. The van der Waals surface area contributed by atoms with Crippen molar-refractivity contribution >= 4 is 23.2 Å². The Hall–Kier alpha value is -1.81. The van der Waals surface area contributed by atoms with Gasteiger partial charge >= 0.3 is 0 Å². The number of halogens is 1. The Labute approximate surface area is 97.2 Å². The van der Waals surface area contributed by atoms with E-state index < -0.39 is 0 Å². The third-order valence-electron chi connectivity index (χ3n) is 2.06. The van der Waals surface area contributed by atoms with E-state index in [0.717, 1.165) is 0 Å². The maximum Gasteiger partial charge on any atom is 0.278 e. The van der Waals surface area contributed by atoms with E-state index in [1.807, 2.05) is 0 Å². The molecule has 0 unspecified atom stereocenters. The largest absolute Gasteiger partial charge is 0.364 e. The van der Waals surface area contributed by atoms with Gasteiger partial charge in [-0.2, -0.15) is 0 Å². The lowest BCUT2D eigenvalue weighted by Crippen LogP contribution is -2.13. The summed E-state index contributed by atoms with van der Waals surface area (Å²) >= 11 is 5.73. The van der Waals surface area contributed by atoms with Crippen LogP contribution in [0.25, 0.3) is 0 Å². The summed E-state index contributed by atoms with van der Waals surface area (Å²) in [5.41, 5.74) is 1.65. The van der Waals surface area contributed by atoms with Gasteiger partial charge in [-0.15, -0.1) is 0 Å². The summed E-state index contributed by atoms with van der Waals surface area (Å²) < 4.78 is 4.69. The summed E-state index contributed by atoms with van der Waals surface area (Å²) in [7, 11) is 0. The first-order valence-electron chi connectivity index (χ1n) is 4.65. The van der Waals surface area contributed by atoms with E-state index in [1.54, 1.807) is 31.2 Å². The molecule has 1 heterocycles. The Morgan fingerprint density at radius 2 is 2.06 bits per heavy atom. The molecule has 0 aliphatic carbocycles. The van der Waals surface area contributed by atoms with Gasteiger partial charge in [-0.1, -0.05) is 16.8 Å². The lowest BCUT2D eigenvalue weighted by atomic mass is 10.2. The van der Waals surface area contributed by atoms with Crippen molar-refractivity contribution in [1.82, 2.24) is 5.16 Å². The fourth-order valence-electron chi connectivity index (χ4n) is 1.23. The van der Waals surface area contributed by atoms with E-state index >= 15 is 0 Å². The molecule has 1 aromatic heterocycles. The van der Waals surface area contributed by atoms with Gasteiger partial charge in [-0.05, 0) is 31.2 Å². The lowest BCUT2D eigenvalue weighted by Gasteiger charge is -2.02. The number of nitrogens with one attached hydrogen (secondary N) is 1. The lowest BCUT2D eigenvalue weighted by molar-refractivity contribution is 0.101. The molecule has 2 aromatic rings. The quantitative estimate of drug-likeness (QED) is 0.872. The summed E-state index contributed by atoms with van der Waals surface area (Å²) in [6.07, 6.45) is 1.43. The van der Waals surface area contributed by atoms with Gasteiger partial charge in [0.05, 0.1) is 0 Å². The normalized spacial score (nSPS) is 10.1. The highest BCUT2D eigenvalue weighted by molar-refractivity contribution is 6.30. The predicted octanol–water partition coefficient (Wildman–Crippen LogP) is 2.89. The highest BCUT2D eigenvalue weighted by atomic mass is 35.5. The molecule has 0 atom stereocenters. The van der Waals surface area contributed by atoms with Crippen LogP contribution in [0.15, 0.2) is 35.1 Å². The molecule has 0 saturated carbocycles. The number of benzene rings is 1. The zero-order valence-electron chi connectivity index (χ0n) is 8.53. The number of amides is 1. The fourth-order valence-corrected chi connectivity index (χ4v) is 1.36. The number of rotatable bonds is 2. The molecular formula is C11H9ClN2O2. The number of aryl methyl sites for hydroxylation is 1. The monoisotopic (exact) mass is 236 g/mol. The third-order valence-corrected chi connectivity index (χ3v) is 2.32. The van der Waals surface area contributed by atoms with Crippen LogP contribution in [-0.2, 0) is 0 Å². The van der Waals surface area contributed by atoms with E-state index in [1.165, 1.54) is 6.26 Å². The van der Waals surface area contributed by atoms with Gasteiger partial charge in [0.25, 0.3) is 5.91 Å². The van der Waals surface area contributed by atoms with Gasteiger partial charge in [-0.3, -0.25) is 4.79 Å². The van der Waals surface area contributed by atoms with Crippen LogP contribution in [0.4, 0.5) is 5.69 Å². The molecule has 1 amide bonds. The molecule has 16 heavy (non-hydrogen) atoms. The van der Waals surface area contributed by atoms with Crippen LogP contribution in [0.3, 0.4) is 0 Å². The molecular weight excluding hydrogens is 228 g/mol. The number of anilines is 1. The van der Waals surface area contributed by atoms with Crippen LogP contribution >= 0.6 is 11.6 Å². The van der Waals surface area contributed by atoms with Crippen molar-refractivity contribution in [3.05, 3.63) is 46.8 Å². The van der Waals surface area contributed by atoms with Gasteiger partial charge in [0.1, 0.15) is 6.26 Å². The molecule has 4 nitrogen and oxygen atoms in total. The van der Waals surface area contributed by atoms with E-state index in [0.29, 0.717) is 16.3 Å². The predicted molar refractivity (Wildman–Crippen MR) is 60.6 cm³/mol. The molecule has 0 aliphatic heterocycles. The Morgan fingerprint density at radius 3 is 2.62 bits per heavy atom. The molecule has 0 spiro atoms. The van der Waals surface area contributed by atoms with Crippen molar-refractivity contribution in [1.29, 1.82) is 0 Å². The number of carbonyl (C=O) groups is 1. The van der Waals surface area contributed by atoms with Crippen LogP contribution in [0.2, 0.25) is 5.02 Å². The van der Waals surface area contributed by atoms with Crippen molar-refractivity contribution in [2.75, 3.05) is 5.32 Å². The van der Waals surface area contributed by atoms with Gasteiger partial charge in [0, 0.05) is 16.3 Å². The second-order valence-electron chi connectivity index (χ2n) is 3.31. The second-order valence-corrected chi connectivity index (χ2v) is 3.74. The van der Waals surface area contributed by atoms with E-state index in [-0.39, 0.29) is 11.6 Å². The van der Waals surface area contributed by atoms with E-state index in [4.69, 9.17) is 16.1 Å². The zero-order valence-corrected chi connectivity index (χ0v) is 9.28. The number of hydrogen-bond acceptors (Lipinski definition) is 3. The van der Waals surface area contributed by atoms with E-state index in [9.17, 15) is 4.79 Å². The van der Waals surface area contributed by atoms with Crippen LogP contribution < -0.4 is 5.32 Å². The molecule has 5 heteroatoms. The summed E-state index contributed by atoms with van der Waals surface area (Å²) in [4.78, 5) is 11.7. The van der Waals surface area contributed by atoms with Crippen molar-refractivity contribution in [3.8, 4) is 0 Å². The second kappa shape index (κ2) is 4.37. The van der Waals surface area contributed by atoms with E-state index in [2.05, 4.69) is 10.5 Å². The van der Waals surface area contributed by atoms with Crippen molar-refractivity contribution in [2.45, 2.75) is 6.92 Å². The Balaban J connectivity index is 2.14. The molecule has 1 N–H and O–H groups in total. The Kier molecular flexibility index (Phi) is 2.92. The molecule has 0 bridgehead atoms. The summed E-state index contributed by atoms with van der Waals surface area (Å²) in [6.45, 7) is 1.76. The van der Waals surface area contributed by atoms with Crippen LogP contribution in [-0.4, -0.2) is 11.1 Å². The van der Waals surface area contributed by atoms with Crippen molar-refractivity contribution in [2.24, 2.45) is 0 Å². The minimum absolute atomic E-state index is 0.287. The standard InChI is InChI=1S/C11H9ClN2O2/c1-7-6-16-14-10(7)11(15)13-9-4-2-8(12)3-5-9/h2-6H,1H3,(H,13,15). The Morgan fingerprint density at radius 1 is 1.38 bits per heavy atom. The molecule has 0 aliphatic rings. The van der Waals surface area contributed by atoms with Gasteiger partial charge < -0.3 is 9.84 Å². The SMILES string of the molecule is Cc1conc1C(=O)Nc1ccc(Cl)cc1. The van der Waals surface area contributed by atoms with Gasteiger partial charge in [-0.25, -0.2) is 0 Å². The van der Waals surface area contributed by atoms with Crippen LogP contribution in [0, 0.1) is 6.92 Å². The molecule has 0 saturated heterocycles. The van der Waals surface area contributed by atoms with Crippen LogP contribution in [0.5, 0.6) is 0 Å². The van der Waals surface area contributed by atoms with Crippen molar-refractivity contribution in [3.63, 3.8) is 0 Å². The topological polar surface area (TPSA) is 55.1 Å². The average Bonchev–Trinajstić information content (AvgIpc) is 2.68. The number of hydrogen-bond donors (Lipinski definition) is 1. The first-order valence-corrected chi connectivity index (χ1v) is 5.02. The first kappa shape index (κ1) is 10.7. The van der Waals surface area contributed by atoms with Gasteiger partial charge in [0.15, 0.2) is 5.69 Å². The van der Waals surface area contributed by atoms with Gasteiger partial charge in [0.2, 0.25) is 0 Å².